The van der Waals surface area contributed by atoms with Crippen molar-refractivity contribution in [3.05, 3.63) is 54.1 Å². The van der Waals surface area contributed by atoms with Crippen LogP contribution < -0.4 is 14.4 Å². The van der Waals surface area contributed by atoms with Gasteiger partial charge in [-0.1, -0.05) is 24.3 Å². The molecule has 24 heavy (non-hydrogen) atoms. The van der Waals surface area contributed by atoms with Crippen molar-refractivity contribution in [2.24, 2.45) is 0 Å². The molecule has 6 nitrogen and oxygen atoms in total. The predicted octanol–water partition coefficient (Wildman–Crippen LogP) is 2.16. The molecular weight excluding hydrogens is 328 g/mol. The van der Waals surface area contributed by atoms with Crippen LogP contribution in [0, 0.1) is 6.92 Å². The highest BCUT2D eigenvalue weighted by atomic mass is 32.2. The van der Waals surface area contributed by atoms with Gasteiger partial charge in [0.2, 0.25) is 10.0 Å². The lowest BCUT2D eigenvalue weighted by molar-refractivity contribution is -0.122. The Hall–Kier alpha value is -2.54. The Labute approximate surface area is 141 Å². The van der Waals surface area contributed by atoms with Crippen molar-refractivity contribution in [3.8, 4) is 5.75 Å². The lowest BCUT2D eigenvalue weighted by atomic mass is 10.2. The van der Waals surface area contributed by atoms with Crippen LogP contribution in [0.1, 0.15) is 5.56 Å². The molecule has 0 bridgehead atoms. The summed E-state index contributed by atoms with van der Waals surface area (Å²) in [4.78, 5) is 12.5. The van der Waals surface area contributed by atoms with E-state index in [9.17, 15) is 13.2 Å². The van der Waals surface area contributed by atoms with Crippen molar-refractivity contribution in [2.75, 3.05) is 22.4 Å². The number of nitrogens with zero attached hydrogens (tertiary/aromatic N) is 1. The first kappa shape index (κ1) is 16.3. The topological polar surface area (TPSA) is 75.7 Å². The summed E-state index contributed by atoms with van der Waals surface area (Å²) < 4.78 is 31.0. The molecule has 2 aromatic carbocycles. The number of anilines is 2. The average molecular weight is 346 g/mol. The molecule has 7 heteroatoms. The molecule has 2 aromatic rings. The summed E-state index contributed by atoms with van der Waals surface area (Å²) in [7, 11) is -3.51. The van der Waals surface area contributed by atoms with Gasteiger partial charge in [0.05, 0.1) is 18.5 Å². The highest BCUT2D eigenvalue weighted by molar-refractivity contribution is 7.92. The summed E-state index contributed by atoms with van der Waals surface area (Å²) in [6.07, 6.45) is 0.195. The number of sulfonamides is 1. The molecule has 0 aromatic heterocycles. The zero-order valence-electron chi connectivity index (χ0n) is 13.4. The molecule has 0 spiro atoms. The molecule has 0 fully saturated rings. The summed E-state index contributed by atoms with van der Waals surface area (Å²) in [5.74, 6) is -0.0117. The van der Waals surface area contributed by atoms with Gasteiger partial charge in [0, 0.05) is 5.69 Å². The molecule has 1 aliphatic rings. The Balaban J connectivity index is 1.86. The molecule has 1 atom stereocenters. The predicted molar refractivity (Wildman–Crippen MR) is 92.9 cm³/mol. The van der Waals surface area contributed by atoms with E-state index in [2.05, 4.69) is 5.32 Å². The Bertz CT molecular complexity index is 880. The second-order valence-corrected chi connectivity index (χ2v) is 7.63. The molecular formula is C17H18N2O4S. The Morgan fingerprint density at radius 1 is 1.21 bits per heavy atom. The van der Waals surface area contributed by atoms with Gasteiger partial charge in [-0.15, -0.1) is 0 Å². The lowest BCUT2D eigenvalue weighted by Crippen LogP contribution is -2.48. The lowest BCUT2D eigenvalue weighted by Gasteiger charge is -2.33. The SMILES string of the molecule is Cc1cccc(NC(=O)[C@@H]2CN(S(C)(=O)=O)c3ccccc3O2)c1. The molecule has 1 N–H and O–H groups in total. The number of hydrogen-bond acceptors (Lipinski definition) is 4. The second-order valence-electron chi connectivity index (χ2n) is 5.73. The van der Waals surface area contributed by atoms with E-state index < -0.39 is 16.1 Å². The molecule has 126 valence electrons. The highest BCUT2D eigenvalue weighted by Gasteiger charge is 2.34. The highest BCUT2D eigenvalue weighted by Crippen LogP contribution is 2.34. The van der Waals surface area contributed by atoms with Crippen LogP contribution in [0.15, 0.2) is 48.5 Å². The quantitative estimate of drug-likeness (QED) is 0.924. The van der Waals surface area contributed by atoms with Crippen LogP contribution in [-0.4, -0.2) is 33.2 Å². The van der Waals surface area contributed by atoms with E-state index in [1.54, 1.807) is 30.3 Å². The minimum Gasteiger partial charge on any atom is -0.476 e. The first-order chi connectivity index (χ1) is 11.3. The van der Waals surface area contributed by atoms with Gasteiger partial charge in [0.15, 0.2) is 6.10 Å². The monoisotopic (exact) mass is 346 g/mol. The van der Waals surface area contributed by atoms with Crippen LogP contribution in [0.5, 0.6) is 5.75 Å². The number of amides is 1. The van der Waals surface area contributed by atoms with E-state index in [1.807, 2.05) is 25.1 Å². The fourth-order valence-electron chi connectivity index (χ4n) is 2.60. The second kappa shape index (κ2) is 6.16. The number of benzene rings is 2. The van der Waals surface area contributed by atoms with Crippen LogP contribution in [0.4, 0.5) is 11.4 Å². The molecule has 1 aliphatic heterocycles. The first-order valence-corrected chi connectivity index (χ1v) is 9.30. The van der Waals surface area contributed by atoms with Gasteiger partial charge in [-0.3, -0.25) is 9.10 Å². The van der Waals surface area contributed by atoms with Crippen LogP contribution >= 0.6 is 0 Å². The molecule has 1 amide bonds. The number of hydrogen-bond donors (Lipinski definition) is 1. The van der Waals surface area contributed by atoms with Crippen molar-refractivity contribution in [2.45, 2.75) is 13.0 Å². The van der Waals surface area contributed by atoms with Crippen LogP contribution in [0.3, 0.4) is 0 Å². The molecule has 1 heterocycles. The zero-order valence-corrected chi connectivity index (χ0v) is 14.2. The average Bonchev–Trinajstić information content (AvgIpc) is 2.53. The van der Waals surface area contributed by atoms with E-state index in [0.29, 0.717) is 17.1 Å². The van der Waals surface area contributed by atoms with Gasteiger partial charge in [-0.05, 0) is 36.8 Å². The normalized spacial score (nSPS) is 16.9. The maximum Gasteiger partial charge on any atom is 0.267 e. The summed E-state index contributed by atoms with van der Waals surface area (Å²) in [6.45, 7) is 1.86. The van der Waals surface area contributed by atoms with E-state index in [1.165, 1.54) is 4.31 Å². The van der Waals surface area contributed by atoms with Crippen LogP contribution in [0.25, 0.3) is 0 Å². The molecule has 0 aliphatic carbocycles. The van der Waals surface area contributed by atoms with Crippen molar-refractivity contribution >= 4 is 27.3 Å². The largest absolute Gasteiger partial charge is 0.476 e. The van der Waals surface area contributed by atoms with Gasteiger partial charge in [-0.2, -0.15) is 0 Å². The molecule has 3 rings (SSSR count). The van der Waals surface area contributed by atoms with Crippen LogP contribution in [-0.2, 0) is 14.8 Å². The number of carbonyl (C=O) groups is 1. The fraction of sp³-hybridized carbons (Fsp3) is 0.235. The van der Waals surface area contributed by atoms with E-state index in [4.69, 9.17) is 4.74 Å². The maximum atomic E-state index is 12.5. The van der Waals surface area contributed by atoms with Gasteiger partial charge in [0.25, 0.3) is 5.91 Å². The Kier molecular flexibility index (Phi) is 4.19. The van der Waals surface area contributed by atoms with Crippen molar-refractivity contribution < 1.29 is 17.9 Å². The standard InChI is InChI=1S/C17H18N2O4S/c1-12-6-5-7-13(10-12)18-17(20)16-11-19(24(2,21)22)14-8-3-4-9-15(14)23-16/h3-10,16H,11H2,1-2H3,(H,18,20)/t16-/m0/s1. The summed E-state index contributed by atoms with van der Waals surface area (Å²) in [5, 5.41) is 2.77. The third-order valence-corrected chi connectivity index (χ3v) is 4.86. The number of fused-ring (bicyclic) bond motifs is 1. The number of rotatable bonds is 3. The van der Waals surface area contributed by atoms with E-state index >= 15 is 0 Å². The Morgan fingerprint density at radius 2 is 1.96 bits per heavy atom. The number of nitrogens with one attached hydrogen (secondary N) is 1. The minimum atomic E-state index is -3.51. The van der Waals surface area contributed by atoms with Gasteiger partial charge < -0.3 is 10.1 Å². The summed E-state index contributed by atoms with van der Waals surface area (Å²) >= 11 is 0. The first-order valence-electron chi connectivity index (χ1n) is 7.45. The summed E-state index contributed by atoms with van der Waals surface area (Å²) in [5.41, 5.74) is 2.11. The van der Waals surface area contributed by atoms with Gasteiger partial charge in [0.1, 0.15) is 5.75 Å². The molecule has 0 unspecified atom stereocenters. The van der Waals surface area contributed by atoms with Crippen molar-refractivity contribution in [1.29, 1.82) is 0 Å². The third kappa shape index (κ3) is 3.35. The molecule has 0 radical (unpaired) electrons. The third-order valence-electron chi connectivity index (χ3n) is 3.71. The van der Waals surface area contributed by atoms with Crippen molar-refractivity contribution in [1.82, 2.24) is 0 Å². The van der Waals surface area contributed by atoms with E-state index in [0.717, 1.165) is 11.8 Å². The smallest absolute Gasteiger partial charge is 0.267 e. The van der Waals surface area contributed by atoms with E-state index in [-0.39, 0.29) is 12.5 Å². The van der Waals surface area contributed by atoms with Gasteiger partial charge in [-0.25, -0.2) is 8.42 Å². The summed E-state index contributed by atoms with van der Waals surface area (Å²) in [6, 6.07) is 14.1. The number of para-hydroxylation sites is 2. The van der Waals surface area contributed by atoms with Gasteiger partial charge >= 0.3 is 0 Å². The maximum absolute atomic E-state index is 12.5. The number of carbonyl (C=O) groups excluding carboxylic acids is 1. The minimum absolute atomic E-state index is 0.0620. The molecule has 0 saturated carbocycles. The Morgan fingerprint density at radius 3 is 2.67 bits per heavy atom. The fourth-order valence-corrected chi connectivity index (χ4v) is 3.51. The van der Waals surface area contributed by atoms with Crippen molar-refractivity contribution in [3.63, 3.8) is 0 Å². The number of ether oxygens (including phenoxy) is 1. The molecule has 0 saturated heterocycles. The van der Waals surface area contributed by atoms with Crippen LogP contribution in [0.2, 0.25) is 0 Å². The number of aryl methyl sites for hydroxylation is 1. The zero-order chi connectivity index (χ0) is 17.3.